The molecule has 0 unspecified atom stereocenters. The molecule has 1 saturated carbocycles. The standard InChI is InChI=1S/C31H33F2N5O3/c1-37(18-20-8-4-2-5-9-20)31(41)34-17-27(39)38-19-23(32)16-26(38)30(40)36-28(22-10-6-3-7-11-22)25-15-14-24(21-12-13-21)29(33)35-25/h2-11,14-15,21,23,26,28H,12-13,16-19H2,1H3,(H,34,41)(H,36,40)/t23-,26+,28+/m1/s1. The van der Waals surface area contributed by atoms with Crippen LogP contribution in [0.1, 0.15) is 53.6 Å². The Bertz CT molecular complexity index is 1390. The summed E-state index contributed by atoms with van der Waals surface area (Å²) < 4.78 is 29.4. The van der Waals surface area contributed by atoms with Crippen molar-refractivity contribution in [1.82, 2.24) is 25.4 Å². The number of alkyl halides is 1. The number of benzene rings is 2. The largest absolute Gasteiger partial charge is 0.342 e. The molecule has 4 amide bonds. The molecular formula is C31H33F2N5O3. The highest BCUT2D eigenvalue weighted by Crippen LogP contribution is 2.41. The maximum absolute atomic E-state index is 14.8. The molecule has 8 nitrogen and oxygen atoms in total. The van der Waals surface area contributed by atoms with Gasteiger partial charge in [-0.25, -0.2) is 14.2 Å². The summed E-state index contributed by atoms with van der Waals surface area (Å²) in [5, 5.41) is 5.44. The van der Waals surface area contributed by atoms with Crippen molar-refractivity contribution in [2.45, 2.75) is 50.0 Å². The summed E-state index contributed by atoms with van der Waals surface area (Å²) in [6, 6.07) is 19.4. The number of pyridine rings is 1. The number of likely N-dealkylation sites (tertiary alicyclic amines) is 1. The second-order valence-corrected chi connectivity index (χ2v) is 10.6. The molecule has 1 aliphatic heterocycles. The van der Waals surface area contributed by atoms with Crippen LogP contribution in [-0.2, 0) is 16.1 Å². The Morgan fingerprint density at radius 3 is 2.37 bits per heavy atom. The van der Waals surface area contributed by atoms with Crippen LogP contribution in [0.15, 0.2) is 72.8 Å². The van der Waals surface area contributed by atoms with E-state index >= 15 is 0 Å². The average Bonchev–Trinajstić information content (AvgIpc) is 3.75. The minimum atomic E-state index is -1.39. The molecule has 41 heavy (non-hydrogen) atoms. The van der Waals surface area contributed by atoms with Gasteiger partial charge < -0.3 is 20.4 Å². The van der Waals surface area contributed by atoms with E-state index in [0.717, 1.165) is 23.3 Å². The summed E-state index contributed by atoms with van der Waals surface area (Å²) in [5.41, 5.74) is 2.48. The van der Waals surface area contributed by atoms with Gasteiger partial charge in [-0.3, -0.25) is 9.59 Å². The monoisotopic (exact) mass is 561 g/mol. The summed E-state index contributed by atoms with van der Waals surface area (Å²) in [5.74, 6) is -1.52. The van der Waals surface area contributed by atoms with Crippen LogP contribution in [-0.4, -0.2) is 65.0 Å². The minimum Gasteiger partial charge on any atom is -0.342 e. The number of nitrogens with zero attached hydrogens (tertiary/aromatic N) is 3. The van der Waals surface area contributed by atoms with Gasteiger partial charge in [0.25, 0.3) is 0 Å². The fourth-order valence-electron chi connectivity index (χ4n) is 5.16. The number of carbonyl (C=O) groups excluding carboxylic acids is 3. The summed E-state index contributed by atoms with van der Waals surface area (Å²) in [4.78, 5) is 45.9. The first kappa shape index (κ1) is 28.2. The first-order valence-electron chi connectivity index (χ1n) is 13.8. The molecule has 5 rings (SSSR count). The lowest BCUT2D eigenvalue weighted by Crippen LogP contribution is -2.50. The predicted octanol–water partition coefficient (Wildman–Crippen LogP) is 4.08. The van der Waals surface area contributed by atoms with Crippen molar-refractivity contribution in [1.29, 1.82) is 0 Å². The van der Waals surface area contributed by atoms with Gasteiger partial charge in [0.1, 0.15) is 12.2 Å². The first-order chi connectivity index (χ1) is 19.8. The molecule has 1 aliphatic carbocycles. The van der Waals surface area contributed by atoms with Gasteiger partial charge in [-0.15, -0.1) is 0 Å². The van der Waals surface area contributed by atoms with Crippen LogP contribution in [0.3, 0.4) is 0 Å². The smallest absolute Gasteiger partial charge is 0.317 e. The minimum absolute atomic E-state index is 0.177. The molecular weight excluding hydrogens is 528 g/mol. The zero-order chi connectivity index (χ0) is 28.9. The zero-order valence-corrected chi connectivity index (χ0v) is 22.8. The number of aromatic nitrogens is 1. The SMILES string of the molecule is CN(Cc1ccccc1)C(=O)NCC(=O)N1C[C@H](F)C[C@H]1C(=O)N[C@@H](c1ccccc1)c1ccc(C2CC2)c(F)n1. The lowest BCUT2D eigenvalue weighted by Gasteiger charge is -2.27. The van der Waals surface area contributed by atoms with Gasteiger partial charge in [0.05, 0.1) is 24.8 Å². The molecule has 0 bridgehead atoms. The Labute approximate surface area is 237 Å². The summed E-state index contributed by atoms with van der Waals surface area (Å²) >= 11 is 0. The van der Waals surface area contributed by atoms with Crippen molar-refractivity contribution in [3.05, 3.63) is 101 Å². The summed E-state index contributed by atoms with van der Waals surface area (Å²) in [6.07, 6.45) is 0.283. The number of amides is 4. The van der Waals surface area contributed by atoms with E-state index in [9.17, 15) is 23.2 Å². The van der Waals surface area contributed by atoms with Crippen LogP contribution in [0.25, 0.3) is 0 Å². The molecule has 1 aromatic heterocycles. The quantitative estimate of drug-likeness (QED) is 0.385. The van der Waals surface area contributed by atoms with E-state index in [2.05, 4.69) is 15.6 Å². The topological polar surface area (TPSA) is 94.6 Å². The molecule has 214 valence electrons. The maximum Gasteiger partial charge on any atom is 0.317 e. The highest BCUT2D eigenvalue weighted by molar-refractivity contribution is 5.91. The number of hydrogen-bond acceptors (Lipinski definition) is 4. The molecule has 3 atom stereocenters. The molecule has 3 aromatic rings. The highest BCUT2D eigenvalue weighted by Gasteiger charge is 2.40. The molecule has 0 radical (unpaired) electrons. The van der Waals surface area contributed by atoms with Crippen molar-refractivity contribution in [2.75, 3.05) is 20.1 Å². The van der Waals surface area contributed by atoms with E-state index in [1.807, 2.05) is 36.4 Å². The lowest BCUT2D eigenvalue weighted by atomic mass is 10.0. The van der Waals surface area contributed by atoms with E-state index in [1.165, 1.54) is 4.90 Å². The normalized spacial score (nSPS) is 19.0. The molecule has 2 heterocycles. The Hall–Kier alpha value is -4.34. The molecule has 1 saturated heterocycles. The number of hydrogen-bond donors (Lipinski definition) is 2. The van der Waals surface area contributed by atoms with Gasteiger partial charge in [-0.2, -0.15) is 4.39 Å². The number of nitrogens with one attached hydrogen (secondary N) is 2. The molecule has 2 fully saturated rings. The molecule has 0 spiro atoms. The number of halogens is 2. The van der Waals surface area contributed by atoms with E-state index in [-0.39, 0.29) is 25.4 Å². The number of rotatable bonds is 9. The van der Waals surface area contributed by atoms with Crippen LogP contribution in [0.2, 0.25) is 0 Å². The Morgan fingerprint density at radius 1 is 1.02 bits per heavy atom. The number of urea groups is 1. The predicted molar refractivity (Wildman–Crippen MR) is 149 cm³/mol. The van der Waals surface area contributed by atoms with Gasteiger partial charge in [-0.1, -0.05) is 66.7 Å². The zero-order valence-electron chi connectivity index (χ0n) is 22.8. The summed E-state index contributed by atoms with van der Waals surface area (Å²) in [6.45, 7) is -0.295. The Kier molecular flexibility index (Phi) is 8.56. The van der Waals surface area contributed by atoms with E-state index in [0.29, 0.717) is 23.4 Å². The Morgan fingerprint density at radius 2 is 1.71 bits per heavy atom. The third-order valence-electron chi connectivity index (χ3n) is 7.50. The van der Waals surface area contributed by atoms with Crippen LogP contribution in [0.4, 0.5) is 13.6 Å². The van der Waals surface area contributed by atoms with Crippen molar-refractivity contribution in [2.24, 2.45) is 0 Å². The highest BCUT2D eigenvalue weighted by atomic mass is 19.1. The van der Waals surface area contributed by atoms with Crippen molar-refractivity contribution in [3.8, 4) is 0 Å². The van der Waals surface area contributed by atoms with Crippen LogP contribution in [0, 0.1) is 5.95 Å². The first-order valence-corrected chi connectivity index (χ1v) is 13.8. The average molecular weight is 562 g/mol. The van der Waals surface area contributed by atoms with Crippen LogP contribution in [0.5, 0.6) is 0 Å². The maximum atomic E-state index is 14.8. The fourth-order valence-corrected chi connectivity index (χ4v) is 5.16. The van der Waals surface area contributed by atoms with Gasteiger partial charge in [0, 0.05) is 25.6 Å². The van der Waals surface area contributed by atoms with Crippen LogP contribution >= 0.6 is 0 Å². The van der Waals surface area contributed by atoms with Gasteiger partial charge in [0.15, 0.2) is 0 Å². The number of carbonyl (C=O) groups is 3. The third kappa shape index (κ3) is 6.87. The van der Waals surface area contributed by atoms with E-state index in [4.69, 9.17) is 0 Å². The molecule has 2 aromatic carbocycles. The lowest BCUT2D eigenvalue weighted by molar-refractivity contribution is -0.137. The molecule has 2 aliphatic rings. The van der Waals surface area contributed by atoms with Crippen molar-refractivity contribution in [3.63, 3.8) is 0 Å². The Balaban J connectivity index is 1.26. The van der Waals surface area contributed by atoms with Gasteiger partial charge in [-0.05, 0) is 36.0 Å². The van der Waals surface area contributed by atoms with E-state index < -0.39 is 42.0 Å². The third-order valence-corrected chi connectivity index (χ3v) is 7.50. The van der Waals surface area contributed by atoms with E-state index in [1.54, 1.807) is 43.4 Å². The second kappa shape index (κ2) is 12.4. The van der Waals surface area contributed by atoms with Gasteiger partial charge >= 0.3 is 6.03 Å². The second-order valence-electron chi connectivity index (χ2n) is 10.6. The van der Waals surface area contributed by atoms with Crippen molar-refractivity contribution < 1.29 is 23.2 Å². The summed E-state index contributed by atoms with van der Waals surface area (Å²) in [7, 11) is 1.61. The molecule has 2 N–H and O–H groups in total. The fraction of sp³-hybridized carbons (Fsp3) is 0.355. The van der Waals surface area contributed by atoms with Crippen LogP contribution < -0.4 is 10.6 Å². The molecule has 10 heteroatoms. The van der Waals surface area contributed by atoms with Gasteiger partial charge in [0.2, 0.25) is 17.8 Å². The van der Waals surface area contributed by atoms with Crippen molar-refractivity contribution >= 4 is 17.8 Å².